The largest absolute Gasteiger partial charge is 0.443 e. The number of hydrogen-bond donors (Lipinski definition) is 1. The lowest BCUT2D eigenvalue weighted by atomic mass is 10.1. The minimum atomic E-state index is -0.275. The van der Waals surface area contributed by atoms with Gasteiger partial charge in [0.15, 0.2) is 0 Å². The van der Waals surface area contributed by atoms with E-state index in [0.29, 0.717) is 24.7 Å². The van der Waals surface area contributed by atoms with Crippen molar-refractivity contribution in [1.82, 2.24) is 4.90 Å². The molecule has 17 heavy (non-hydrogen) atoms. The molecule has 1 amide bonds. The van der Waals surface area contributed by atoms with Crippen LogP contribution in [0, 0.1) is 0 Å². The van der Waals surface area contributed by atoms with Crippen molar-refractivity contribution < 1.29 is 9.53 Å². The Balaban J connectivity index is 1.88. The van der Waals surface area contributed by atoms with Crippen LogP contribution in [0.2, 0.25) is 5.02 Å². The molecule has 5 heteroatoms. The number of ether oxygens (including phenoxy) is 1. The minimum Gasteiger partial charge on any atom is -0.443 e. The van der Waals surface area contributed by atoms with Crippen LogP contribution in [-0.2, 0) is 11.2 Å². The molecule has 92 valence electrons. The molecule has 1 aliphatic heterocycles. The zero-order chi connectivity index (χ0) is 12.3. The predicted molar refractivity (Wildman–Crippen MR) is 66.1 cm³/mol. The van der Waals surface area contributed by atoms with E-state index in [9.17, 15) is 4.79 Å². The Morgan fingerprint density at radius 2 is 2.35 bits per heavy atom. The summed E-state index contributed by atoms with van der Waals surface area (Å²) < 4.78 is 5.07. The average Bonchev–Trinajstić information content (AvgIpc) is 2.68. The molecule has 0 radical (unpaired) electrons. The van der Waals surface area contributed by atoms with E-state index in [1.165, 1.54) is 0 Å². The summed E-state index contributed by atoms with van der Waals surface area (Å²) in [7, 11) is 0. The van der Waals surface area contributed by atoms with Crippen molar-refractivity contribution in [2.75, 3.05) is 19.6 Å². The summed E-state index contributed by atoms with van der Waals surface area (Å²) in [6, 6.07) is 7.64. The third-order valence-corrected chi connectivity index (χ3v) is 3.01. The van der Waals surface area contributed by atoms with Gasteiger partial charge in [-0.1, -0.05) is 23.7 Å². The maximum Gasteiger partial charge on any atom is 0.410 e. The summed E-state index contributed by atoms with van der Waals surface area (Å²) in [6.45, 7) is 1.59. The fraction of sp³-hybridized carbons (Fsp3) is 0.417. The molecule has 2 rings (SSSR count). The third kappa shape index (κ3) is 3.11. The number of carbonyl (C=O) groups excluding carboxylic acids is 1. The number of amides is 1. The maximum absolute atomic E-state index is 11.5. The molecule has 0 aromatic heterocycles. The van der Waals surface area contributed by atoms with E-state index in [1.54, 1.807) is 4.90 Å². The van der Waals surface area contributed by atoms with E-state index in [1.807, 2.05) is 24.3 Å². The SMILES string of the molecule is NC[C@H]1CN(CCc2cccc(Cl)c2)C(=O)O1. The molecule has 2 N–H and O–H groups in total. The van der Waals surface area contributed by atoms with Crippen molar-refractivity contribution in [1.29, 1.82) is 0 Å². The van der Waals surface area contributed by atoms with Crippen molar-refractivity contribution >= 4 is 17.7 Å². The Hall–Kier alpha value is -1.26. The van der Waals surface area contributed by atoms with Gasteiger partial charge in [0.2, 0.25) is 0 Å². The van der Waals surface area contributed by atoms with E-state index < -0.39 is 0 Å². The molecule has 0 unspecified atom stereocenters. The lowest BCUT2D eigenvalue weighted by Crippen LogP contribution is -2.29. The fourth-order valence-electron chi connectivity index (χ4n) is 1.84. The molecule has 0 saturated carbocycles. The van der Waals surface area contributed by atoms with Gasteiger partial charge in [-0.25, -0.2) is 4.79 Å². The standard InChI is InChI=1S/C12H15ClN2O2/c13-10-3-1-2-9(6-10)4-5-15-8-11(7-14)17-12(15)16/h1-3,6,11H,4-5,7-8,14H2/t11-/m0/s1. The van der Waals surface area contributed by atoms with Crippen LogP contribution in [0.4, 0.5) is 4.79 Å². The molecular formula is C12H15ClN2O2. The molecule has 1 aromatic carbocycles. The van der Waals surface area contributed by atoms with Gasteiger partial charge in [0, 0.05) is 18.1 Å². The molecule has 1 fully saturated rings. The smallest absolute Gasteiger partial charge is 0.410 e. The summed E-state index contributed by atoms with van der Waals surface area (Å²) in [5, 5.41) is 0.714. The van der Waals surface area contributed by atoms with E-state index in [0.717, 1.165) is 12.0 Å². The van der Waals surface area contributed by atoms with Crippen LogP contribution < -0.4 is 5.73 Å². The Morgan fingerprint density at radius 1 is 1.53 bits per heavy atom. The summed E-state index contributed by atoms with van der Waals surface area (Å²) in [5.41, 5.74) is 6.58. The quantitative estimate of drug-likeness (QED) is 0.889. The highest BCUT2D eigenvalue weighted by molar-refractivity contribution is 6.30. The molecule has 0 bridgehead atoms. The molecule has 1 saturated heterocycles. The van der Waals surface area contributed by atoms with Crippen LogP contribution in [0.25, 0.3) is 0 Å². The Labute approximate surface area is 105 Å². The number of rotatable bonds is 4. The zero-order valence-corrected chi connectivity index (χ0v) is 10.2. The molecule has 0 aliphatic carbocycles. The van der Waals surface area contributed by atoms with Crippen molar-refractivity contribution in [3.8, 4) is 0 Å². The predicted octanol–water partition coefficient (Wildman–Crippen LogP) is 1.66. The molecular weight excluding hydrogens is 240 g/mol. The summed E-state index contributed by atoms with van der Waals surface area (Å²) in [5.74, 6) is 0. The first-order valence-electron chi connectivity index (χ1n) is 5.59. The van der Waals surface area contributed by atoms with Crippen LogP contribution in [-0.4, -0.2) is 36.7 Å². The minimum absolute atomic E-state index is 0.165. The van der Waals surface area contributed by atoms with Crippen molar-refractivity contribution in [2.45, 2.75) is 12.5 Å². The second-order valence-electron chi connectivity index (χ2n) is 4.07. The number of nitrogens with zero attached hydrogens (tertiary/aromatic N) is 1. The maximum atomic E-state index is 11.5. The Kier molecular flexibility index (Phi) is 3.86. The summed E-state index contributed by atoms with van der Waals surface area (Å²) in [6.07, 6.45) is 0.330. The van der Waals surface area contributed by atoms with Gasteiger partial charge < -0.3 is 15.4 Å². The summed E-state index contributed by atoms with van der Waals surface area (Å²) in [4.78, 5) is 13.1. The van der Waals surface area contributed by atoms with E-state index in [-0.39, 0.29) is 12.2 Å². The molecule has 1 aromatic rings. The molecule has 0 spiro atoms. The zero-order valence-electron chi connectivity index (χ0n) is 9.43. The van der Waals surface area contributed by atoms with E-state index >= 15 is 0 Å². The molecule has 4 nitrogen and oxygen atoms in total. The van der Waals surface area contributed by atoms with Gasteiger partial charge in [-0.3, -0.25) is 0 Å². The molecule has 1 heterocycles. The number of cyclic esters (lactones) is 1. The van der Waals surface area contributed by atoms with Crippen LogP contribution in [0.15, 0.2) is 24.3 Å². The van der Waals surface area contributed by atoms with Crippen molar-refractivity contribution in [2.24, 2.45) is 5.73 Å². The van der Waals surface area contributed by atoms with Crippen LogP contribution in [0.5, 0.6) is 0 Å². The van der Waals surface area contributed by atoms with E-state index in [2.05, 4.69) is 0 Å². The number of benzene rings is 1. The van der Waals surface area contributed by atoms with Crippen LogP contribution in [0.1, 0.15) is 5.56 Å². The summed E-state index contributed by atoms with van der Waals surface area (Å²) >= 11 is 5.89. The lowest BCUT2D eigenvalue weighted by Gasteiger charge is -2.12. The Bertz CT molecular complexity index is 411. The fourth-order valence-corrected chi connectivity index (χ4v) is 2.05. The number of hydrogen-bond acceptors (Lipinski definition) is 3. The molecule has 1 aliphatic rings. The second kappa shape index (κ2) is 5.38. The van der Waals surface area contributed by atoms with Gasteiger partial charge >= 0.3 is 6.09 Å². The first-order chi connectivity index (χ1) is 8.19. The van der Waals surface area contributed by atoms with Gasteiger partial charge in [0.1, 0.15) is 6.10 Å². The van der Waals surface area contributed by atoms with Crippen molar-refractivity contribution in [3.05, 3.63) is 34.9 Å². The monoisotopic (exact) mass is 254 g/mol. The van der Waals surface area contributed by atoms with Gasteiger partial charge in [-0.05, 0) is 24.1 Å². The molecule has 1 atom stereocenters. The van der Waals surface area contributed by atoms with Crippen LogP contribution in [0.3, 0.4) is 0 Å². The van der Waals surface area contributed by atoms with Crippen LogP contribution >= 0.6 is 11.6 Å². The van der Waals surface area contributed by atoms with Gasteiger partial charge in [0.05, 0.1) is 6.54 Å². The first kappa shape index (κ1) is 12.2. The number of halogens is 1. The van der Waals surface area contributed by atoms with Gasteiger partial charge in [0.25, 0.3) is 0 Å². The van der Waals surface area contributed by atoms with Gasteiger partial charge in [-0.2, -0.15) is 0 Å². The lowest BCUT2D eigenvalue weighted by molar-refractivity contribution is 0.135. The second-order valence-corrected chi connectivity index (χ2v) is 4.50. The normalized spacial score (nSPS) is 19.5. The Morgan fingerprint density at radius 3 is 3.00 bits per heavy atom. The topological polar surface area (TPSA) is 55.6 Å². The number of carbonyl (C=O) groups is 1. The third-order valence-electron chi connectivity index (χ3n) is 2.77. The highest BCUT2D eigenvalue weighted by Gasteiger charge is 2.29. The highest BCUT2D eigenvalue weighted by atomic mass is 35.5. The van der Waals surface area contributed by atoms with Crippen molar-refractivity contribution in [3.63, 3.8) is 0 Å². The first-order valence-corrected chi connectivity index (χ1v) is 5.97. The highest BCUT2D eigenvalue weighted by Crippen LogP contribution is 2.14. The average molecular weight is 255 g/mol. The van der Waals surface area contributed by atoms with E-state index in [4.69, 9.17) is 22.1 Å². The van der Waals surface area contributed by atoms with Gasteiger partial charge in [-0.15, -0.1) is 0 Å². The number of nitrogens with two attached hydrogens (primary N) is 1.